The Hall–Kier alpha value is -3.45. The van der Waals surface area contributed by atoms with Gasteiger partial charge in [-0.15, -0.1) is 0 Å². The summed E-state index contributed by atoms with van der Waals surface area (Å²) in [4.78, 5) is 2.77. The van der Waals surface area contributed by atoms with Crippen molar-refractivity contribution in [2.75, 3.05) is 39.9 Å². The van der Waals surface area contributed by atoms with Crippen molar-refractivity contribution in [3.05, 3.63) is 83.4 Å². The molecule has 0 aliphatic heterocycles. The van der Waals surface area contributed by atoms with Gasteiger partial charge in [0.05, 0.1) is 44.9 Å². The number of para-hydroxylation sites is 1. The summed E-state index contributed by atoms with van der Waals surface area (Å²) in [6.45, 7) is 2.62. The second kappa shape index (κ2) is 12.1. The second-order valence-corrected chi connectivity index (χ2v) is 8.88. The molecule has 0 saturated heterocycles. The first-order valence-corrected chi connectivity index (χ1v) is 12.1. The van der Waals surface area contributed by atoms with Crippen molar-refractivity contribution in [2.24, 2.45) is 0 Å². The van der Waals surface area contributed by atoms with Crippen LogP contribution in [0.25, 0.3) is 0 Å². The highest BCUT2D eigenvalue weighted by Gasteiger charge is 2.16. The lowest BCUT2D eigenvalue weighted by molar-refractivity contribution is 0.354. The van der Waals surface area contributed by atoms with Crippen LogP contribution in [0.1, 0.15) is 11.1 Å². The van der Waals surface area contributed by atoms with Gasteiger partial charge in [0.2, 0.25) is 0 Å². The minimum Gasteiger partial charge on any atom is -0.493 e. The van der Waals surface area contributed by atoms with Crippen LogP contribution in [0.15, 0.2) is 77.2 Å². The molecule has 0 radical (unpaired) electrons. The van der Waals surface area contributed by atoms with Gasteiger partial charge < -0.3 is 23.8 Å². The average Bonchev–Trinajstić information content (AvgIpc) is 2.88. The van der Waals surface area contributed by atoms with Crippen molar-refractivity contribution in [3.8, 4) is 23.0 Å². The molecule has 0 fully saturated rings. The van der Waals surface area contributed by atoms with Crippen LogP contribution in [0.5, 0.6) is 23.0 Å². The monoisotopic (exact) mass is 481 g/mol. The highest BCUT2D eigenvalue weighted by atomic mass is 32.2. The third-order valence-electron chi connectivity index (χ3n) is 5.40. The standard InChI is InChI=1S/C27H31NO5S/c1-20-9-12-22(13-10-20)34(29)18-17-28(23-7-6-8-25(31-3)27(23)33-5)16-15-21-11-14-24(30-2)26(19-21)32-4/h6-14,17-19H,15-16H2,1-5H3/b18-17-/t34-/m1/s1. The van der Waals surface area contributed by atoms with Gasteiger partial charge in [-0.1, -0.05) is 29.8 Å². The highest BCUT2D eigenvalue weighted by molar-refractivity contribution is 7.88. The van der Waals surface area contributed by atoms with Gasteiger partial charge in [0.15, 0.2) is 23.0 Å². The number of benzene rings is 3. The highest BCUT2D eigenvalue weighted by Crippen LogP contribution is 2.38. The topological polar surface area (TPSA) is 57.2 Å². The van der Waals surface area contributed by atoms with E-state index in [-0.39, 0.29) is 0 Å². The predicted octanol–water partition coefficient (Wildman–Crippen LogP) is 5.36. The summed E-state index contributed by atoms with van der Waals surface area (Å²) in [5.41, 5.74) is 3.03. The number of anilines is 1. The Morgan fingerprint density at radius 3 is 2.18 bits per heavy atom. The molecule has 3 aromatic carbocycles. The van der Waals surface area contributed by atoms with Gasteiger partial charge in [-0.2, -0.15) is 0 Å². The van der Waals surface area contributed by atoms with Crippen LogP contribution in [0.3, 0.4) is 0 Å². The number of rotatable bonds is 11. The Morgan fingerprint density at radius 1 is 0.824 bits per heavy atom. The summed E-state index contributed by atoms with van der Waals surface area (Å²) in [6.07, 6.45) is 2.55. The zero-order valence-corrected chi connectivity index (χ0v) is 21.1. The van der Waals surface area contributed by atoms with E-state index in [1.54, 1.807) is 33.8 Å². The Bertz CT molecular complexity index is 1140. The molecule has 3 rings (SSSR count). The van der Waals surface area contributed by atoms with Crippen LogP contribution in [-0.4, -0.2) is 39.2 Å². The van der Waals surface area contributed by atoms with Crippen LogP contribution >= 0.6 is 0 Å². The smallest absolute Gasteiger partial charge is 0.184 e. The Morgan fingerprint density at radius 2 is 1.53 bits per heavy atom. The van der Waals surface area contributed by atoms with Crippen molar-refractivity contribution >= 4 is 16.5 Å². The Kier molecular flexibility index (Phi) is 8.99. The van der Waals surface area contributed by atoms with Gasteiger partial charge in [-0.3, -0.25) is 0 Å². The van der Waals surface area contributed by atoms with E-state index in [0.717, 1.165) is 21.7 Å². The maximum atomic E-state index is 12.9. The SMILES string of the molecule is COc1ccc(CCN(/C=C\[S@@](=O)c2ccc(C)cc2)c2cccc(OC)c2OC)cc1OC. The average molecular weight is 482 g/mol. The third kappa shape index (κ3) is 6.11. The number of hydrogen-bond acceptors (Lipinski definition) is 6. The first-order chi connectivity index (χ1) is 16.5. The number of ether oxygens (including phenoxy) is 4. The maximum absolute atomic E-state index is 12.9. The zero-order valence-electron chi connectivity index (χ0n) is 20.2. The fraction of sp³-hybridized carbons (Fsp3) is 0.259. The Balaban J connectivity index is 1.91. The maximum Gasteiger partial charge on any atom is 0.184 e. The van der Waals surface area contributed by atoms with Crippen LogP contribution < -0.4 is 23.8 Å². The molecule has 0 heterocycles. The quantitative estimate of drug-likeness (QED) is 0.368. The molecule has 0 N–H and O–H groups in total. The molecule has 3 aromatic rings. The molecule has 0 aliphatic rings. The molecular weight excluding hydrogens is 450 g/mol. The van der Waals surface area contributed by atoms with Gasteiger partial charge >= 0.3 is 0 Å². The number of nitrogens with zero attached hydrogens (tertiary/aromatic N) is 1. The van der Waals surface area contributed by atoms with E-state index < -0.39 is 10.8 Å². The molecule has 0 spiro atoms. The fourth-order valence-corrected chi connectivity index (χ4v) is 4.36. The minimum atomic E-state index is -1.29. The summed E-state index contributed by atoms with van der Waals surface area (Å²) >= 11 is 0. The van der Waals surface area contributed by atoms with Crippen LogP contribution in [0.2, 0.25) is 0 Å². The summed E-state index contributed by atoms with van der Waals surface area (Å²) in [6, 6.07) is 19.3. The second-order valence-electron chi connectivity index (χ2n) is 7.54. The summed E-state index contributed by atoms with van der Waals surface area (Å²) in [7, 11) is 5.17. The number of hydrogen-bond donors (Lipinski definition) is 0. The van der Waals surface area contributed by atoms with Crippen molar-refractivity contribution in [1.29, 1.82) is 0 Å². The summed E-state index contributed by atoms with van der Waals surface area (Å²) in [5.74, 6) is 2.61. The van der Waals surface area contributed by atoms with Crippen molar-refractivity contribution in [1.82, 2.24) is 0 Å². The third-order valence-corrected chi connectivity index (χ3v) is 6.50. The fourth-order valence-electron chi connectivity index (χ4n) is 3.54. The molecule has 0 bridgehead atoms. The van der Waals surface area contributed by atoms with E-state index in [4.69, 9.17) is 18.9 Å². The van der Waals surface area contributed by atoms with Crippen LogP contribution in [0.4, 0.5) is 5.69 Å². The summed E-state index contributed by atoms with van der Waals surface area (Å²) in [5, 5.41) is 1.69. The molecule has 6 nitrogen and oxygen atoms in total. The molecular formula is C27H31NO5S. The number of methoxy groups -OCH3 is 4. The van der Waals surface area contributed by atoms with Crippen LogP contribution in [0, 0.1) is 6.92 Å². The lowest BCUT2D eigenvalue weighted by Crippen LogP contribution is -2.20. The van der Waals surface area contributed by atoms with Crippen LogP contribution in [-0.2, 0) is 17.2 Å². The van der Waals surface area contributed by atoms with Gasteiger partial charge in [-0.05, 0) is 55.3 Å². The molecule has 0 saturated carbocycles. The van der Waals surface area contributed by atoms with Crippen molar-refractivity contribution in [2.45, 2.75) is 18.2 Å². The van der Waals surface area contributed by atoms with Gasteiger partial charge in [0, 0.05) is 23.0 Å². The number of aryl methyl sites for hydroxylation is 1. The van der Waals surface area contributed by atoms with E-state index >= 15 is 0 Å². The lowest BCUT2D eigenvalue weighted by Gasteiger charge is -2.24. The molecule has 0 unspecified atom stereocenters. The molecule has 0 amide bonds. The first kappa shape index (κ1) is 25.2. The molecule has 180 valence electrons. The van der Waals surface area contributed by atoms with Gasteiger partial charge in [0.25, 0.3) is 0 Å². The largest absolute Gasteiger partial charge is 0.493 e. The Labute approximate surface area is 204 Å². The zero-order chi connectivity index (χ0) is 24.5. The first-order valence-electron chi connectivity index (χ1n) is 10.8. The van der Waals surface area contributed by atoms with E-state index in [0.29, 0.717) is 36.0 Å². The predicted molar refractivity (Wildman–Crippen MR) is 137 cm³/mol. The van der Waals surface area contributed by atoms with Crippen molar-refractivity contribution < 1.29 is 23.2 Å². The molecule has 0 aliphatic carbocycles. The molecule has 7 heteroatoms. The molecule has 1 atom stereocenters. The lowest BCUT2D eigenvalue weighted by atomic mass is 10.1. The normalized spacial score (nSPS) is 11.8. The minimum absolute atomic E-state index is 0.612. The molecule has 34 heavy (non-hydrogen) atoms. The summed E-state index contributed by atoms with van der Waals surface area (Å²) < 4.78 is 34.8. The van der Waals surface area contributed by atoms with Gasteiger partial charge in [0.1, 0.15) is 0 Å². The molecule has 0 aromatic heterocycles. The van der Waals surface area contributed by atoms with E-state index in [2.05, 4.69) is 0 Å². The van der Waals surface area contributed by atoms with E-state index in [1.165, 1.54) is 0 Å². The van der Waals surface area contributed by atoms with E-state index in [9.17, 15) is 4.21 Å². The van der Waals surface area contributed by atoms with Gasteiger partial charge in [-0.25, -0.2) is 4.21 Å². The van der Waals surface area contributed by atoms with E-state index in [1.807, 2.05) is 78.7 Å². The van der Waals surface area contributed by atoms with Crippen molar-refractivity contribution in [3.63, 3.8) is 0 Å².